The molecule has 1 N–H and O–H groups in total. The molecular formula is C16H15NO4S. The summed E-state index contributed by atoms with van der Waals surface area (Å²) in [4.78, 5) is 24.1. The van der Waals surface area contributed by atoms with E-state index in [9.17, 15) is 9.59 Å². The van der Waals surface area contributed by atoms with Crippen LogP contribution in [-0.2, 0) is 11.2 Å². The summed E-state index contributed by atoms with van der Waals surface area (Å²) >= 11 is 1.40. The number of ether oxygens (including phenoxy) is 2. The van der Waals surface area contributed by atoms with Crippen molar-refractivity contribution in [3.63, 3.8) is 0 Å². The molecule has 1 aliphatic heterocycles. The van der Waals surface area contributed by atoms with Gasteiger partial charge in [-0.05, 0) is 35.2 Å². The first kappa shape index (κ1) is 14.6. The van der Waals surface area contributed by atoms with Gasteiger partial charge in [-0.1, -0.05) is 6.07 Å². The molecule has 2 heterocycles. The van der Waals surface area contributed by atoms with Crippen LogP contribution in [0.4, 0.5) is 0 Å². The maximum atomic E-state index is 11.9. The number of nitrogens with one attached hydrogen (secondary N) is 1. The molecule has 6 heteroatoms. The number of methoxy groups -OCH3 is 1. The van der Waals surface area contributed by atoms with Crippen molar-refractivity contribution < 1.29 is 19.1 Å². The molecule has 1 amide bonds. The fraction of sp³-hybridized carbons (Fsp3) is 0.250. The lowest BCUT2D eigenvalue weighted by Gasteiger charge is -2.11. The largest absolute Gasteiger partial charge is 0.488 e. The van der Waals surface area contributed by atoms with Crippen LogP contribution < -0.4 is 10.1 Å². The van der Waals surface area contributed by atoms with Gasteiger partial charge in [0.25, 0.3) is 5.91 Å². The average Bonchev–Trinajstić information content (AvgIpc) is 3.19. The van der Waals surface area contributed by atoms with Crippen molar-refractivity contribution in [1.29, 1.82) is 0 Å². The van der Waals surface area contributed by atoms with E-state index in [1.807, 2.05) is 11.4 Å². The maximum Gasteiger partial charge on any atom is 0.337 e. The molecule has 0 saturated carbocycles. The molecule has 0 aliphatic carbocycles. The highest BCUT2D eigenvalue weighted by atomic mass is 32.1. The van der Waals surface area contributed by atoms with E-state index >= 15 is 0 Å². The predicted molar refractivity (Wildman–Crippen MR) is 82.6 cm³/mol. The topological polar surface area (TPSA) is 64.6 Å². The number of carbonyl (C=O) groups excluding carboxylic acids is 2. The van der Waals surface area contributed by atoms with Gasteiger partial charge in [-0.2, -0.15) is 0 Å². The van der Waals surface area contributed by atoms with Crippen LogP contribution in [0.15, 0.2) is 35.7 Å². The minimum absolute atomic E-state index is 0.0928. The van der Waals surface area contributed by atoms with E-state index in [2.05, 4.69) is 5.32 Å². The van der Waals surface area contributed by atoms with Crippen molar-refractivity contribution >= 4 is 23.2 Å². The fourth-order valence-electron chi connectivity index (χ4n) is 2.38. The van der Waals surface area contributed by atoms with Crippen molar-refractivity contribution in [2.45, 2.75) is 12.5 Å². The Morgan fingerprint density at radius 2 is 2.27 bits per heavy atom. The minimum Gasteiger partial charge on any atom is -0.488 e. The van der Waals surface area contributed by atoms with Crippen LogP contribution in [0.25, 0.3) is 0 Å². The third-order valence-corrected chi connectivity index (χ3v) is 4.33. The number of amides is 1. The Morgan fingerprint density at radius 1 is 1.41 bits per heavy atom. The summed E-state index contributed by atoms with van der Waals surface area (Å²) in [5.41, 5.74) is 1.46. The summed E-state index contributed by atoms with van der Waals surface area (Å²) in [6.07, 6.45) is 0.539. The number of esters is 1. The Hall–Kier alpha value is -2.34. The van der Waals surface area contributed by atoms with Crippen molar-refractivity contribution in [2.75, 3.05) is 13.7 Å². The normalized spacial score (nSPS) is 15.8. The standard InChI is InChI=1S/C16H15NO4S/c1-20-16(19)10-4-5-13-11(7-10)8-12(21-13)9-17-15(18)14-3-2-6-22-14/h2-7,12H,8-9H2,1H3,(H,17,18). The average molecular weight is 317 g/mol. The van der Waals surface area contributed by atoms with Crippen molar-refractivity contribution in [3.05, 3.63) is 51.7 Å². The first-order chi connectivity index (χ1) is 10.7. The number of hydrogen-bond donors (Lipinski definition) is 1. The third kappa shape index (κ3) is 2.96. The number of rotatable bonds is 4. The van der Waals surface area contributed by atoms with Crippen molar-refractivity contribution in [1.82, 2.24) is 5.32 Å². The smallest absolute Gasteiger partial charge is 0.337 e. The highest BCUT2D eigenvalue weighted by Crippen LogP contribution is 2.29. The summed E-state index contributed by atoms with van der Waals surface area (Å²) in [5.74, 6) is 0.296. The minimum atomic E-state index is -0.364. The number of fused-ring (bicyclic) bond motifs is 1. The molecule has 114 valence electrons. The van der Waals surface area contributed by atoms with Gasteiger partial charge < -0.3 is 14.8 Å². The lowest BCUT2D eigenvalue weighted by Crippen LogP contribution is -2.34. The molecule has 1 aromatic carbocycles. The first-order valence-corrected chi connectivity index (χ1v) is 7.75. The summed E-state index contributed by atoms with van der Waals surface area (Å²) in [6.45, 7) is 0.430. The molecule has 2 aromatic rings. The molecular weight excluding hydrogens is 302 g/mol. The second-order valence-corrected chi connectivity index (χ2v) is 5.89. The molecule has 1 atom stereocenters. The van der Waals surface area contributed by atoms with E-state index in [0.29, 0.717) is 23.4 Å². The van der Waals surface area contributed by atoms with Gasteiger partial charge in [-0.15, -0.1) is 11.3 Å². The fourth-order valence-corrected chi connectivity index (χ4v) is 3.02. The molecule has 3 rings (SSSR count). The van der Waals surface area contributed by atoms with Crippen molar-refractivity contribution in [2.24, 2.45) is 0 Å². The Kier molecular flexibility index (Phi) is 4.11. The van der Waals surface area contributed by atoms with Crippen LogP contribution in [0, 0.1) is 0 Å². The number of thiophene rings is 1. The van der Waals surface area contributed by atoms with E-state index in [4.69, 9.17) is 9.47 Å². The zero-order valence-corrected chi connectivity index (χ0v) is 12.8. The first-order valence-electron chi connectivity index (χ1n) is 6.87. The monoisotopic (exact) mass is 317 g/mol. The van der Waals surface area contributed by atoms with Crippen LogP contribution in [0.2, 0.25) is 0 Å². The SMILES string of the molecule is COC(=O)c1ccc2c(c1)CC(CNC(=O)c1cccs1)O2. The van der Waals surface area contributed by atoms with Crippen LogP contribution in [-0.4, -0.2) is 31.6 Å². The van der Waals surface area contributed by atoms with Gasteiger partial charge >= 0.3 is 5.97 Å². The molecule has 0 saturated heterocycles. The van der Waals surface area contributed by atoms with Gasteiger partial charge in [0.05, 0.1) is 24.1 Å². The Labute approximate surface area is 131 Å². The van der Waals surface area contributed by atoms with Crippen LogP contribution in [0.3, 0.4) is 0 Å². The maximum absolute atomic E-state index is 11.9. The second-order valence-electron chi connectivity index (χ2n) is 4.95. The molecule has 1 aromatic heterocycles. The lowest BCUT2D eigenvalue weighted by atomic mass is 10.1. The molecule has 1 unspecified atom stereocenters. The van der Waals surface area contributed by atoms with Crippen LogP contribution in [0.1, 0.15) is 25.6 Å². The van der Waals surface area contributed by atoms with Crippen LogP contribution >= 0.6 is 11.3 Å². The molecule has 1 aliphatic rings. The summed E-state index contributed by atoms with van der Waals surface area (Å²) < 4.78 is 10.5. The van der Waals surface area contributed by atoms with Gasteiger partial charge in [-0.3, -0.25) is 4.79 Å². The second kappa shape index (κ2) is 6.19. The molecule has 0 spiro atoms. The number of hydrogen-bond acceptors (Lipinski definition) is 5. The predicted octanol–water partition coefficient (Wildman–Crippen LogP) is 2.27. The molecule has 0 radical (unpaired) electrons. The van der Waals surface area contributed by atoms with E-state index in [-0.39, 0.29) is 18.0 Å². The Morgan fingerprint density at radius 3 is 3.00 bits per heavy atom. The summed E-state index contributed by atoms with van der Waals surface area (Å²) in [5, 5.41) is 4.73. The van der Waals surface area contributed by atoms with Gasteiger partial charge in [0.1, 0.15) is 11.9 Å². The highest BCUT2D eigenvalue weighted by molar-refractivity contribution is 7.12. The number of benzene rings is 1. The molecule has 5 nitrogen and oxygen atoms in total. The van der Waals surface area contributed by atoms with Crippen LogP contribution in [0.5, 0.6) is 5.75 Å². The Balaban J connectivity index is 1.60. The highest BCUT2D eigenvalue weighted by Gasteiger charge is 2.24. The van der Waals surface area contributed by atoms with E-state index in [0.717, 1.165) is 11.3 Å². The van der Waals surface area contributed by atoms with E-state index < -0.39 is 0 Å². The van der Waals surface area contributed by atoms with Gasteiger partial charge in [0, 0.05) is 6.42 Å². The summed E-state index contributed by atoms with van der Waals surface area (Å²) in [6, 6.07) is 8.85. The van der Waals surface area contributed by atoms with Gasteiger partial charge in [-0.25, -0.2) is 4.79 Å². The quantitative estimate of drug-likeness (QED) is 0.879. The number of carbonyl (C=O) groups is 2. The molecule has 0 bridgehead atoms. The zero-order valence-electron chi connectivity index (χ0n) is 12.0. The summed E-state index contributed by atoms with van der Waals surface area (Å²) in [7, 11) is 1.36. The zero-order chi connectivity index (χ0) is 15.5. The molecule has 22 heavy (non-hydrogen) atoms. The van der Waals surface area contributed by atoms with Gasteiger partial charge in [0.2, 0.25) is 0 Å². The molecule has 0 fully saturated rings. The Bertz CT molecular complexity index is 696. The third-order valence-electron chi connectivity index (χ3n) is 3.46. The van der Waals surface area contributed by atoms with Gasteiger partial charge in [0.15, 0.2) is 0 Å². The van der Waals surface area contributed by atoms with E-state index in [1.54, 1.807) is 24.3 Å². The lowest BCUT2D eigenvalue weighted by molar-refractivity contribution is 0.0600. The van der Waals surface area contributed by atoms with E-state index in [1.165, 1.54) is 18.4 Å². The van der Waals surface area contributed by atoms with Crippen molar-refractivity contribution in [3.8, 4) is 5.75 Å².